The van der Waals surface area contributed by atoms with E-state index in [1.54, 1.807) is 43.5 Å². The number of carbonyl (C=O) groups is 2. The first kappa shape index (κ1) is 27.6. The molecule has 8 nitrogen and oxygen atoms in total. The van der Waals surface area contributed by atoms with Crippen molar-refractivity contribution >= 4 is 28.8 Å². The Morgan fingerprint density at radius 3 is 2.03 bits per heavy atom. The Morgan fingerprint density at radius 1 is 0.846 bits per heavy atom. The lowest BCUT2D eigenvalue weighted by atomic mass is 9.93. The number of benzene rings is 3. The fourth-order valence-electron chi connectivity index (χ4n) is 4.83. The molecular formula is C31H34N2O6. The molecule has 1 saturated heterocycles. The second-order valence-corrected chi connectivity index (χ2v) is 9.81. The number of aliphatic hydroxyl groups is 1. The van der Waals surface area contributed by atoms with Gasteiger partial charge >= 0.3 is 0 Å². The molecule has 1 aliphatic rings. The maximum Gasteiger partial charge on any atom is 0.300 e. The quantitative estimate of drug-likeness (QED) is 0.233. The van der Waals surface area contributed by atoms with Crippen LogP contribution in [0.15, 0.2) is 66.2 Å². The van der Waals surface area contributed by atoms with E-state index in [9.17, 15) is 14.7 Å². The molecule has 0 saturated carbocycles. The molecule has 3 aromatic rings. The standard InChI is InChI=1S/C31H34N2O6/c1-18(2)23-16-20(10-14-24(23)37-5)29(34)27-28(19-8-11-21(12-9-19)32(3)4)33(31(36)30(27)35)22-13-15-25(38-6)26(17-22)39-7/h8-18,28,34H,1-7H3/b29-27-. The second kappa shape index (κ2) is 11.1. The van der Waals surface area contributed by atoms with Crippen molar-refractivity contribution in [2.75, 3.05) is 45.2 Å². The molecule has 0 spiro atoms. The SMILES string of the molecule is COc1ccc(N2C(=O)C(=O)/C(=C(\O)c3ccc(OC)c(C(C)C)c3)C2c2ccc(N(C)C)cc2)cc1OC. The van der Waals surface area contributed by atoms with Gasteiger partial charge in [-0.15, -0.1) is 0 Å². The van der Waals surface area contributed by atoms with E-state index in [0.717, 1.165) is 11.3 Å². The highest BCUT2D eigenvalue weighted by Crippen LogP contribution is 2.44. The van der Waals surface area contributed by atoms with Crippen molar-refractivity contribution in [3.05, 3.63) is 82.9 Å². The Kier molecular flexibility index (Phi) is 7.85. The van der Waals surface area contributed by atoms with Crippen molar-refractivity contribution in [3.63, 3.8) is 0 Å². The van der Waals surface area contributed by atoms with Crippen LogP contribution in [0.25, 0.3) is 5.76 Å². The Balaban J connectivity index is 1.95. The molecule has 1 amide bonds. The topological polar surface area (TPSA) is 88.5 Å². The van der Waals surface area contributed by atoms with E-state index in [1.807, 2.05) is 57.1 Å². The first-order valence-corrected chi connectivity index (χ1v) is 12.6. The molecule has 0 radical (unpaired) electrons. The molecule has 0 aliphatic carbocycles. The van der Waals surface area contributed by atoms with E-state index in [1.165, 1.54) is 19.1 Å². The van der Waals surface area contributed by atoms with E-state index < -0.39 is 17.7 Å². The summed E-state index contributed by atoms with van der Waals surface area (Å²) in [5, 5.41) is 11.6. The zero-order valence-electron chi connectivity index (χ0n) is 23.3. The van der Waals surface area contributed by atoms with Crippen LogP contribution in [0.1, 0.15) is 42.5 Å². The average Bonchev–Trinajstić information content (AvgIpc) is 3.21. The third-order valence-corrected chi connectivity index (χ3v) is 6.94. The van der Waals surface area contributed by atoms with Gasteiger partial charge in [0.2, 0.25) is 0 Å². The highest BCUT2D eigenvalue weighted by Gasteiger charge is 2.47. The van der Waals surface area contributed by atoms with Gasteiger partial charge in [0, 0.05) is 37.1 Å². The first-order valence-electron chi connectivity index (χ1n) is 12.6. The van der Waals surface area contributed by atoms with Gasteiger partial charge < -0.3 is 24.2 Å². The summed E-state index contributed by atoms with van der Waals surface area (Å²) in [6.07, 6.45) is 0. The Labute approximate surface area is 229 Å². The number of ether oxygens (including phenoxy) is 3. The van der Waals surface area contributed by atoms with Gasteiger partial charge in [-0.3, -0.25) is 14.5 Å². The molecule has 1 heterocycles. The summed E-state index contributed by atoms with van der Waals surface area (Å²) in [5.74, 6) is -0.0737. The second-order valence-electron chi connectivity index (χ2n) is 9.81. The number of carbonyl (C=O) groups excluding carboxylic acids is 2. The minimum absolute atomic E-state index is 0.00672. The summed E-state index contributed by atoms with van der Waals surface area (Å²) in [6.45, 7) is 4.04. The van der Waals surface area contributed by atoms with Crippen molar-refractivity contribution in [1.82, 2.24) is 0 Å². The highest BCUT2D eigenvalue weighted by atomic mass is 16.5. The van der Waals surface area contributed by atoms with E-state index in [-0.39, 0.29) is 17.3 Å². The number of anilines is 2. The Hall–Kier alpha value is -4.46. The van der Waals surface area contributed by atoms with E-state index >= 15 is 0 Å². The number of aliphatic hydroxyl groups excluding tert-OH is 1. The molecule has 39 heavy (non-hydrogen) atoms. The summed E-state index contributed by atoms with van der Waals surface area (Å²) in [6, 6.07) is 16.9. The van der Waals surface area contributed by atoms with Crippen LogP contribution >= 0.6 is 0 Å². The number of amides is 1. The Morgan fingerprint density at radius 2 is 1.46 bits per heavy atom. The number of nitrogens with zero attached hydrogens (tertiary/aromatic N) is 2. The number of methoxy groups -OCH3 is 3. The zero-order valence-corrected chi connectivity index (χ0v) is 23.3. The molecule has 204 valence electrons. The molecule has 4 rings (SSSR count). The molecule has 1 atom stereocenters. The fourth-order valence-corrected chi connectivity index (χ4v) is 4.83. The normalized spacial score (nSPS) is 16.5. The molecule has 1 N–H and O–H groups in total. The largest absolute Gasteiger partial charge is 0.507 e. The predicted octanol–water partition coefficient (Wildman–Crippen LogP) is 5.53. The highest BCUT2D eigenvalue weighted by molar-refractivity contribution is 6.51. The van der Waals surface area contributed by atoms with Gasteiger partial charge in [-0.05, 0) is 59.5 Å². The van der Waals surface area contributed by atoms with Crippen LogP contribution in [0.5, 0.6) is 17.2 Å². The molecule has 1 aliphatic heterocycles. The lowest BCUT2D eigenvalue weighted by Crippen LogP contribution is -2.29. The van der Waals surface area contributed by atoms with E-state index in [0.29, 0.717) is 34.1 Å². The summed E-state index contributed by atoms with van der Waals surface area (Å²) in [5.41, 5.74) is 3.38. The minimum atomic E-state index is -0.871. The summed E-state index contributed by atoms with van der Waals surface area (Å²) in [4.78, 5) is 30.5. The van der Waals surface area contributed by atoms with Crippen LogP contribution in [-0.4, -0.2) is 52.2 Å². The van der Waals surface area contributed by atoms with Crippen molar-refractivity contribution < 1.29 is 28.9 Å². The van der Waals surface area contributed by atoms with Crippen LogP contribution in [0.2, 0.25) is 0 Å². The van der Waals surface area contributed by atoms with Gasteiger partial charge in [0.25, 0.3) is 11.7 Å². The van der Waals surface area contributed by atoms with Crippen LogP contribution < -0.4 is 24.0 Å². The van der Waals surface area contributed by atoms with Crippen LogP contribution in [0.3, 0.4) is 0 Å². The van der Waals surface area contributed by atoms with E-state index in [4.69, 9.17) is 14.2 Å². The van der Waals surface area contributed by atoms with E-state index in [2.05, 4.69) is 0 Å². The van der Waals surface area contributed by atoms with Crippen LogP contribution in [-0.2, 0) is 9.59 Å². The number of hydrogen-bond acceptors (Lipinski definition) is 7. The van der Waals surface area contributed by atoms with Gasteiger partial charge in [0.05, 0.1) is 32.9 Å². The molecule has 3 aromatic carbocycles. The monoisotopic (exact) mass is 530 g/mol. The third kappa shape index (κ3) is 5.02. The van der Waals surface area contributed by atoms with Gasteiger partial charge in [0.1, 0.15) is 11.5 Å². The summed E-state index contributed by atoms with van der Waals surface area (Å²) in [7, 11) is 8.48. The Bertz CT molecular complexity index is 1430. The lowest BCUT2D eigenvalue weighted by Gasteiger charge is -2.26. The molecule has 0 bridgehead atoms. The molecular weight excluding hydrogens is 496 g/mol. The maximum atomic E-state index is 13.6. The van der Waals surface area contributed by atoms with Gasteiger partial charge in [-0.25, -0.2) is 0 Å². The van der Waals surface area contributed by atoms with Crippen molar-refractivity contribution in [2.24, 2.45) is 0 Å². The van der Waals surface area contributed by atoms with Crippen molar-refractivity contribution in [3.8, 4) is 17.2 Å². The first-order chi connectivity index (χ1) is 18.6. The van der Waals surface area contributed by atoms with Crippen molar-refractivity contribution in [2.45, 2.75) is 25.8 Å². The number of ketones is 1. The van der Waals surface area contributed by atoms with Crippen LogP contribution in [0.4, 0.5) is 11.4 Å². The summed E-state index contributed by atoms with van der Waals surface area (Å²) >= 11 is 0. The zero-order chi connectivity index (χ0) is 28.4. The molecule has 1 unspecified atom stereocenters. The number of rotatable bonds is 8. The number of hydrogen-bond donors (Lipinski definition) is 1. The smallest absolute Gasteiger partial charge is 0.300 e. The number of Topliss-reactive ketones (excluding diaryl/α,β-unsaturated/α-hetero) is 1. The lowest BCUT2D eigenvalue weighted by molar-refractivity contribution is -0.132. The fraction of sp³-hybridized carbons (Fsp3) is 0.290. The van der Waals surface area contributed by atoms with Gasteiger partial charge in [-0.2, -0.15) is 0 Å². The molecule has 8 heteroatoms. The van der Waals surface area contributed by atoms with Gasteiger partial charge in [-0.1, -0.05) is 26.0 Å². The van der Waals surface area contributed by atoms with Crippen molar-refractivity contribution in [1.29, 1.82) is 0 Å². The van der Waals surface area contributed by atoms with Gasteiger partial charge in [0.15, 0.2) is 11.5 Å². The maximum absolute atomic E-state index is 13.6. The summed E-state index contributed by atoms with van der Waals surface area (Å²) < 4.78 is 16.3. The molecule has 0 aromatic heterocycles. The predicted molar refractivity (Wildman–Crippen MR) is 152 cm³/mol. The minimum Gasteiger partial charge on any atom is -0.507 e. The average molecular weight is 531 g/mol. The van der Waals surface area contributed by atoms with Crippen LogP contribution in [0, 0.1) is 0 Å². The third-order valence-electron chi connectivity index (χ3n) is 6.94. The molecule has 1 fully saturated rings.